The fourth-order valence-corrected chi connectivity index (χ4v) is 3.52. The summed E-state index contributed by atoms with van der Waals surface area (Å²) in [7, 11) is 0. The molecular weight excluding hydrogens is 335 g/mol. The molecular formula is C13H14Cl2N2OS2. The number of benzene rings is 1. The first-order valence-corrected chi connectivity index (χ1v) is 8.37. The zero-order valence-corrected chi connectivity index (χ0v) is 13.8. The highest BCUT2D eigenvalue weighted by atomic mass is 35.5. The second-order valence-corrected chi connectivity index (χ2v) is 6.94. The maximum absolute atomic E-state index is 11.9. The lowest BCUT2D eigenvalue weighted by molar-refractivity contribution is -0.113. The Labute approximate surface area is 138 Å². The SMILES string of the molecule is O=C(CSC(=S)N1CCCC1)Nc1cc(Cl)cc(Cl)c1. The predicted octanol–water partition coefficient (Wildman–Crippen LogP) is 4.05. The van der Waals surface area contributed by atoms with Crippen LogP contribution in [0.15, 0.2) is 18.2 Å². The molecule has 1 N–H and O–H groups in total. The number of rotatable bonds is 3. The quantitative estimate of drug-likeness (QED) is 0.835. The number of carbonyl (C=O) groups excluding carboxylic acids is 1. The lowest BCUT2D eigenvalue weighted by atomic mass is 10.3. The van der Waals surface area contributed by atoms with Crippen molar-refractivity contribution in [3.05, 3.63) is 28.2 Å². The Morgan fingerprint density at radius 3 is 2.45 bits per heavy atom. The zero-order valence-electron chi connectivity index (χ0n) is 10.7. The third-order valence-electron chi connectivity index (χ3n) is 2.84. The molecule has 108 valence electrons. The number of amides is 1. The summed E-state index contributed by atoms with van der Waals surface area (Å²) in [6.45, 7) is 1.99. The molecule has 1 fully saturated rings. The Kier molecular flexibility index (Phi) is 5.96. The second-order valence-electron chi connectivity index (χ2n) is 4.46. The molecule has 0 bridgehead atoms. The maximum atomic E-state index is 11.9. The number of hydrogen-bond acceptors (Lipinski definition) is 3. The molecule has 20 heavy (non-hydrogen) atoms. The largest absolute Gasteiger partial charge is 0.358 e. The molecule has 2 rings (SSSR count). The highest BCUT2D eigenvalue weighted by Gasteiger charge is 2.16. The molecule has 0 atom stereocenters. The van der Waals surface area contributed by atoms with Gasteiger partial charge in [0.1, 0.15) is 4.32 Å². The van der Waals surface area contributed by atoms with Crippen molar-refractivity contribution in [1.29, 1.82) is 0 Å². The van der Waals surface area contributed by atoms with Gasteiger partial charge in [0.2, 0.25) is 5.91 Å². The van der Waals surface area contributed by atoms with Crippen molar-refractivity contribution < 1.29 is 4.79 Å². The van der Waals surface area contributed by atoms with Gasteiger partial charge in [0.25, 0.3) is 0 Å². The lowest BCUT2D eigenvalue weighted by Crippen LogP contribution is -2.25. The van der Waals surface area contributed by atoms with Gasteiger partial charge < -0.3 is 10.2 Å². The Morgan fingerprint density at radius 2 is 1.85 bits per heavy atom. The topological polar surface area (TPSA) is 32.3 Å². The minimum atomic E-state index is -0.116. The van der Waals surface area contributed by atoms with Crippen LogP contribution < -0.4 is 5.32 Å². The van der Waals surface area contributed by atoms with Gasteiger partial charge in [-0.05, 0) is 31.0 Å². The first-order chi connectivity index (χ1) is 9.54. The number of hydrogen-bond donors (Lipinski definition) is 1. The number of nitrogens with zero attached hydrogens (tertiary/aromatic N) is 1. The van der Waals surface area contributed by atoms with E-state index in [0.29, 0.717) is 21.5 Å². The summed E-state index contributed by atoms with van der Waals surface area (Å²) in [6, 6.07) is 4.94. The molecule has 0 unspecified atom stereocenters. The molecule has 0 aromatic heterocycles. The Morgan fingerprint density at radius 1 is 1.25 bits per heavy atom. The molecule has 3 nitrogen and oxygen atoms in total. The van der Waals surface area contributed by atoms with Crippen molar-refractivity contribution in [2.24, 2.45) is 0 Å². The number of anilines is 1. The summed E-state index contributed by atoms with van der Waals surface area (Å²) in [4.78, 5) is 14.0. The van der Waals surface area contributed by atoms with E-state index >= 15 is 0 Å². The zero-order chi connectivity index (χ0) is 14.5. The van der Waals surface area contributed by atoms with E-state index in [1.165, 1.54) is 24.6 Å². The van der Waals surface area contributed by atoms with Crippen LogP contribution in [0.3, 0.4) is 0 Å². The molecule has 0 spiro atoms. The summed E-state index contributed by atoms with van der Waals surface area (Å²) in [5.74, 6) is 0.175. The van der Waals surface area contributed by atoms with E-state index in [1.807, 2.05) is 0 Å². The molecule has 1 heterocycles. The van der Waals surface area contributed by atoms with Crippen LogP contribution in [0.25, 0.3) is 0 Å². The average Bonchev–Trinajstić information content (AvgIpc) is 2.88. The van der Waals surface area contributed by atoms with Crippen LogP contribution in [0, 0.1) is 0 Å². The highest BCUT2D eigenvalue weighted by Crippen LogP contribution is 2.23. The van der Waals surface area contributed by atoms with Gasteiger partial charge in [-0.2, -0.15) is 0 Å². The first kappa shape index (κ1) is 15.9. The van der Waals surface area contributed by atoms with Crippen molar-refractivity contribution in [3.8, 4) is 0 Å². The monoisotopic (exact) mass is 348 g/mol. The third-order valence-corrected chi connectivity index (χ3v) is 4.80. The number of likely N-dealkylation sites (tertiary alicyclic amines) is 1. The van der Waals surface area contributed by atoms with E-state index in [-0.39, 0.29) is 5.91 Å². The summed E-state index contributed by atoms with van der Waals surface area (Å²) < 4.78 is 0.793. The molecule has 0 saturated carbocycles. The van der Waals surface area contributed by atoms with Crippen LogP contribution in [0.1, 0.15) is 12.8 Å². The summed E-state index contributed by atoms with van der Waals surface area (Å²) in [5.41, 5.74) is 0.597. The minimum absolute atomic E-state index is 0.116. The smallest absolute Gasteiger partial charge is 0.234 e. The van der Waals surface area contributed by atoms with Gasteiger partial charge in [-0.15, -0.1) is 0 Å². The molecule has 1 aliphatic heterocycles. The number of halogens is 2. The van der Waals surface area contributed by atoms with Gasteiger partial charge in [-0.1, -0.05) is 47.2 Å². The maximum Gasteiger partial charge on any atom is 0.234 e. The second kappa shape index (κ2) is 7.50. The Bertz CT molecular complexity index is 499. The lowest BCUT2D eigenvalue weighted by Gasteiger charge is -2.17. The Balaban J connectivity index is 1.81. The number of thiocarbonyl (C=S) groups is 1. The molecule has 1 saturated heterocycles. The van der Waals surface area contributed by atoms with Crippen molar-refractivity contribution in [3.63, 3.8) is 0 Å². The van der Waals surface area contributed by atoms with Gasteiger partial charge in [0, 0.05) is 28.8 Å². The van der Waals surface area contributed by atoms with Crippen LogP contribution in [-0.2, 0) is 4.79 Å². The fourth-order valence-electron chi connectivity index (χ4n) is 1.94. The molecule has 0 radical (unpaired) electrons. The minimum Gasteiger partial charge on any atom is -0.358 e. The number of thioether (sulfide) groups is 1. The van der Waals surface area contributed by atoms with Crippen LogP contribution >= 0.6 is 47.2 Å². The molecule has 0 aliphatic carbocycles. The van der Waals surface area contributed by atoms with Crippen LogP contribution in [0.2, 0.25) is 10.0 Å². The van der Waals surface area contributed by atoms with Gasteiger partial charge in [-0.25, -0.2) is 0 Å². The van der Waals surface area contributed by atoms with Gasteiger partial charge in [0.15, 0.2) is 0 Å². The van der Waals surface area contributed by atoms with E-state index in [4.69, 9.17) is 35.4 Å². The Hall–Kier alpha value is -0.490. The van der Waals surface area contributed by atoms with Gasteiger partial charge in [-0.3, -0.25) is 4.79 Å². The number of carbonyl (C=O) groups is 1. The predicted molar refractivity (Wildman–Crippen MR) is 91.0 cm³/mol. The summed E-state index contributed by atoms with van der Waals surface area (Å²) in [6.07, 6.45) is 2.35. The van der Waals surface area contributed by atoms with Crippen molar-refractivity contribution in [2.75, 3.05) is 24.2 Å². The van der Waals surface area contributed by atoms with E-state index in [0.717, 1.165) is 17.4 Å². The molecule has 1 aliphatic rings. The van der Waals surface area contributed by atoms with E-state index in [1.54, 1.807) is 18.2 Å². The third kappa shape index (κ3) is 4.81. The summed E-state index contributed by atoms with van der Waals surface area (Å²) >= 11 is 18.5. The van der Waals surface area contributed by atoms with Crippen LogP contribution in [0.4, 0.5) is 5.69 Å². The van der Waals surface area contributed by atoms with Gasteiger partial charge >= 0.3 is 0 Å². The van der Waals surface area contributed by atoms with Crippen molar-refractivity contribution in [2.45, 2.75) is 12.8 Å². The molecule has 1 aromatic carbocycles. The standard InChI is InChI=1S/C13H14Cl2N2OS2/c14-9-5-10(15)7-11(6-9)16-12(18)8-20-13(19)17-3-1-2-4-17/h5-7H,1-4,8H2,(H,16,18). The van der Waals surface area contributed by atoms with Crippen LogP contribution in [-0.4, -0.2) is 34.0 Å². The van der Waals surface area contributed by atoms with Crippen LogP contribution in [0.5, 0.6) is 0 Å². The molecule has 1 aromatic rings. The average molecular weight is 349 g/mol. The molecule has 1 amide bonds. The highest BCUT2D eigenvalue weighted by molar-refractivity contribution is 8.23. The molecule has 7 heteroatoms. The summed E-state index contributed by atoms with van der Waals surface area (Å²) in [5, 5.41) is 3.75. The van der Waals surface area contributed by atoms with E-state index < -0.39 is 0 Å². The van der Waals surface area contributed by atoms with Gasteiger partial charge in [0.05, 0.1) is 5.75 Å². The first-order valence-electron chi connectivity index (χ1n) is 6.22. The number of nitrogens with one attached hydrogen (secondary N) is 1. The fraction of sp³-hybridized carbons (Fsp3) is 0.385. The normalized spacial score (nSPS) is 14.4. The van der Waals surface area contributed by atoms with E-state index in [2.05, 4.69) is 10.2 Å². The van der Waals surface area contributed by atoms with Crippen molar-refractivity contribution in [1.82, 2.24) is 4.90 Å². The van der Waals surface area contributed by atoms with Crippen molar-refractivity contribution >= 4 is 63.1 Å². The van der Waals surface area contributed by atoms with E-state index in [9.17, 15) is 4.79 Å².